The molecule has 7 heteroatoms. The van der Waals surface area contributed by atoms with Crippen LogP contribution in [-0.2, 0) is 19.0 Å². The molecule has 0 amide bonds. The van der Waals surface area contributed by atoms with Crippen molar-refractivity contribution in [2.75, 3.05) is 6.61 Å². The van der Waals surface area contributed by atoms with Crippen LogP contribution in [0, 0.1) is 17.3 Å². The van der Waals surface area contributed by atoms with Crippen LogP contribution in [0.15, 0.2) is 11.1 Å². The summed E-state index contributed by atoms with van der Waals surface area (Å²) in [4.78, 5) is 12.0. The number of esters is 1. The number of ether oxygens (including phenoxy) is 3. The summed E-state index contributed by atoms with van der Waals surface area (Å²) in [5, 5.41) is 22.3. The van der Waals surface area contributed by atoms with Gasteiger partial charge in [-0.25, -0.2) is 9.18 Å². The highest BCUT2D eigenvalue weighted by Gasteiger charge is 2.96. The van der Waals surface area contributed by atoms with Gasteiger partial charge in [0.25, 0.3) is 0 Å². The van der Waals surface area contributed by atoms with Crippen LogP contribution in [0.2, 0.25) is 0 Å². The lowest BCUT2D eigenvalue weighted by molar-refractivity contribution is -0.207. The fraction of sp³-hybridized carbons (Fsp3) is 0.850. The zero-order valence-corrected chi connectivity index (χ0v) is 15.7. The lowest BCUT2D eigenvalue weighted by Crippen LogP contribution is -2.75. The number of cyclic esters (lactones) is 1. The predicted octanol–water partition coefficient (Wildman–Crippen LogP) is 1.03. The quantitative estimate of drug-likeness (QED) is 0.522. The molecule has 0 bridgehead atoms. The van der Waals surface area contributed by atoms with Gasteiger partial charge in [-0.05, 0) is 36.7 Å². The number of epoxide rings is 2. The topological polar surface area (TPSA) is 91.8 Å². The monoisotopic (exact) mass is 380 g/mol. The van der Waals surface area contributed by atoms with E-state index in [4.69, 9.17) is 14.2 Å². The van der Waals surface area contributed by atoms with Gasteiger partial charge >= 0.3 is 5.97 Å². The van der Waals surface area contributed by atoms with Crippen LogP contribution in [0.25, 0.3) is 0 Å². The molecule has 2 saturated carbocycles. The van der Waals surface area contributed by atoms with E-state index < -0.39 is 46.5 Å². The fourth-order valence-corrected chi connectivity index (χ4v) is 7.24. The van der Waals surface area contributed by atoms with Gasteiger partial charge in [0.1, 0.15) is 30.0 Å². The maximum atomic E-state index is 15.5. The molecule has 27 heavy (non-hydrogen) atoms. The van der Waals surface area contributed by atoms with Crippen LogP contribution in [0.1, 0.15) is 40.0 Å². The van der Waals surface area contributed by atoms with Gasteiger partial charge in [0, 0.05) is 11.0 Å². The van der Waals surface area contributed by atoms with Crippen molar-refractivity contribution in [1.29, 1.82) is 0 Å². The van der Waals surface area contributed by atoms with E-state index in [1.165, 1.54) is 0 Å². The van der Waals surface area contributed by atoms with Crippen molar-refractivity contribution in [2.45, 2.75) is 81.3 Å². The molecule has 4 fully saturated rings. The van der Waals surface area contributed by atoms with E-state index in [0.29, 0.717) is 19.3 Å². The van der Waals surface area contributed by atoms with Crippen molar-refractivity contribution in [1.82, 2.24) is 0 Å². The van der Waals surface area contributed by atoms with E-state index in [9.17, 15) is 15.0 Å². The number of fused-ring (bicyclic) bond motifs is 2. The minimum atomic E-state index is -1.89. The second-order valence-electron chi connectivity index (χ2n) is 9.81. The molecule has 0 unspecified atom stereocenters. The molecular weight excluding hydrogens is 355 g/mol. The van der Waals surface area contributed by atoms with Crippen molar-refractivity contribution >= 4 is 5.97 Å². The summed E-state index contributed by atoms with van der Waals surface area (Å²) < 4.78 is 33.0. The Bertz CT molecular complexity index is 810. The first-order valence-corrected chi connectivity index (χ1v) is 9.95. The highest BCUT2D eigenvalue weighted by atomic mass is 19.1. The van der Waals surface area contributed by atoms with E-state index in [1.54, 1.807) is 13.8 Å². The summed E-state index contributed by atoms with van der Waals surface area (Å²) in [5.41, 5.74) is -2.64. The molecule has 148 valence electrons. The van der Waals surface area contributed by atoms with Crippen LogP contribution < -0.4 is 0 Å². The molecule has 2 N–H and O–H groups in total. The normalized spacial score (nSPS) is 60.1. The Balaban J connectivity index is 1.50. The Morgan fingerprint density at radius 1 is 1.30 bits per heavy atom. The van der Waals surface area contributed by atoms with Crippen LogP contribution in [-0.4, -0.2) is 64.1 Å². The number of carbonyl (C=O) groups is 1. The maximum Gasteiger partial charge on any atom is 0.334 e. The molecule has 0 aromatic heterocycles. The molecule has 3 aliphatic carbocycles. The third-order valence-electron chi connectivity index (χ3n) is 8.85. The number of carbonyl (C=O) groups excluding carboxylic acids is 1. The van der Waals surface area contributed by atoms with Gasteiger partial charge < -0.3 is 24.4 Å². The van der Waals surface area contributed by atoms with Crippen molar-refractivity contribution in [3.05, 3.63) is 11.1 Å². The summed E-state index contributed by atoms with van der Waals surface area (Å²) in [6.07, 6.45) is -2.29. The van der Waals surface area contributed by atoms with E-state index in [-0.39, 0.29) is 24.6 Å². The largest absolute Gasteiger partial charge is 0.458 e. The van der Waals surface area contributed by atoms with Gasteiger partial charge in [0.2, 0.25) is 0 Å². The van der Waals surface area contributed by atoms with Crippen molar-refractivity contribution in [2.24, 2.45) is 17.3 Å². The number of hydrogen-bond donors (Lipinski definition) is 2. The van der Waals surface area contributed by atoms with Gasteiger partial charge in [0.05, 0.1) is 6.10 Å². The zero-order valence-electron chi connectivity index (χ0n) is 15.7. The highest BCUT2D eigenvalue weighted by Crippen LogP contribution is 2.80. The van der Waals surface area contributed by atoms with Crippen molar-refractivity contribution in [3.63, 3.8) is 0 Å². The lowest BCUT2D eigenvalue weighted by atomic mass is 9.46. The summed E-state index contributed by atoms with van der Waals surface area (Å²) in [6.45, 7) is 5.78. The third-order valence-corrected chi connectivity index (χ3v) is 8.85. The van der Waals surface area contributed by atoms with Gasteiger partial charge in [-0.15, -0.1) is 0 Å². The molecule has 6 aliphatic rings. The molecule has 2 spiro atoms. The Kier molecular flexibility index (Phi) is 2.77. The average Bonchev–Trinajstić information content (AvgIpc) is 3.50. The molecule has 9 atom stereocenters. The molecular formula is C20H25FO6. The summed E-state index contributed by atoms with van der Waals surface area (Å²) in [7, 11) is 0. The number of halogens is 1. The molecule has 2 saturated heterocycles. The maximum absolute atomic E-state index is 15.5. The van der Waals surface area contributed by atoms with Crippen molar-refractivity contribution < 1.29 is 33.6 Å². The molecule has 6 rings (SSSR count). The average molecular weight is 380 g/mol. The van der Waals surface area contributed by atoms with Crippen LogP contribution in [0.4, 0.5) is 4.39 Å². The van der Waals surface area contributed by atoms with E-state index in [2.05, 4.69) is 6.92 Å². The van der Waals surface area contributed by atoms with Gasteiger partial charge in [-0.3, -0.25) is 0 Å². The van der Waals surface area contributed by atoms with Crippen LogP contribution in [0.3, 0.4) is 0 Å². The number of aliphatic hydroxyl groups excluding tert-OH is 1. The SMILES string of the molecule is CC(C)[C@]1(O)[C@H](F)[C@@H]2O[C@]23[C@]2(O[C@H]2C[C@H]2C4=C(CC[C@@]23C)C(=O)OC4)[C@@H]1O. The zero-order chi connectivity index (χ0) is 19.1. The Morgan fingerprint density at radius 3 is 2.74 bits per heavy atom. The van der Waals surface area contributed by atoms with E-state index in [0.717, 1.165) is 11.1 Å². The molecule has 0 radical (unpaired) electrons. The molecule has 3 aliphatic heterocycles. The number of hydrogen-bond acceptors (Lipinski definition) is 6. The van der Waals surface area contributed by atoms with Crippen LogP contribution >= 0.6 is 0 Å². The fourth-order valence-electron chi connectivity index (χ4n) is 7.24. The van der Waals surface area contributed by atoms with Crippen LogP contribution in [0.5, 0.6) is 0 Å². The first kappa shape index (κ1) is 16.9. The third kappa shape index (κ3) is 1.43. The Morgan fingerprint density at radius 2 is 2.04 bits per heavy atom. The second kappa shape index (κ2) is 4.42. The minimum Gasteiger partial charge on any atom is -0.458 e. The number of aliphatic hydroxyl groups is 2. The Labute approximate surface area is 156 Å². The predicted molar refractivity (Wildman–Crippen MR) is 89.3 cm³/mol. The summed E-state index contributed by atoms with van der Waals surface area (Å²) >= 11 is 0. The molecule has 0 aromatic carbocycles. The first-order valence-electron chi connectivity index (χ1n) is 9.95. The molecule has 0 aromatic rings. The van der Waals surface area contributed by atoms with E-state index >= 15 is 4.39 Å². The summed E-state index contributed by atoms with van der Waals surface area (Å²) in [5.74, 6) is -0.716. The minimum absolute atomic E-state index is 0.00275. The van der Waals surface area contributed by atoms with E-state index in [1.807, 2.05) is 0 Å². The van der Waals surface area contributed by atoms with Gasteiger partial charge in [0.15, 0.2) is 11.8 Å². The second-order valence-corrected chi connectivity index (χ2v) is 9.81. The first-order chi connectivity index (χ1) is 12.7. The van der Waals surface area contributed by atoms with Gasteiger partial charge in [-0.2, -0.15) is 0 Å². The lowest BCUT2D eigenvalue weighted by Gasteiger charge is -2.56. The van der Waals surface area contributed by atoms with Crippen molar-refractivity contribution in [3.8, 4) is 0 Å². The Hall–Kier alpha value is -1.02. The summed E-state index contributed by atoms with van der Waals surface area (Å²) in [6, 6.07) is 0. The highest BCUT2D eigenvalue weighted by molar-refractivity contribution is 5.92. The van der Waals surface area contributed by atoms with Gasteiger partial charge in [-0.1, -0.05) is 20.8 Å². The molecule has 6 nitrogen and oxygen atoms in total. The smallest absolute Gasteiger partial charge is 0.334 e. The standard InChI is InChI=1S/C20H25FO6/c1-8(2)18(24)13(21)14-20(27-14)17(3)5-4-9-10(7-25-15(9)22)11(17)6-12-19(20,26-12)16(18)23/h8,11-14,16,23-24H,4-7H2,1-3H3/t11-,12-,13+,14-,16+,17-,18-,19+,20+/m0/s1. The number of alkyl halides is 1. The number of rotatable bonds is 1. The molecule has 3 heterocycles.